The SMILES string of the molecule is CCOc1cc(/C=C2\SC(=S)N(CC)C2=O)cc(I)c1OCC(=O)Nc1ccc(C)cc1. The van der Waals surface area contributed by atoms with Crippen molar-refractivity contribution in [2.45, 2.75) is 20.8 Å². The van der Waals surface area contributed by atoms with E-state index in [2.05, 4.69) is 27.9 Å². The third-order valence-electron chi connectivity index (χ3n) is 4.50. The monoisotopic (exact) mass is 582 g/mol. The van der Waals surface area contributed by atoms with Crippen LogP contribution in [0.2, 0.25) is 0 Å². The van der Waals surface area contributed by atoms with Gasteiger partial charge in [0.1, 0.15) is 4.32 Å². The van der Waals surface area contributed by atoms with Gasteiger partial charge in [0.2, 0.25) is 0 Å². The summed E-state index contributed by atoms with van der Waals surface area (Å²) >= 11 is 8.71. The van der Waals surface area contributed by atoms with Gasteiger partial charge in [0, 0.05) is 12.2 Å². The Morgan fingerprint density at radius 2 is 1.94 bits per heavy atom. The number of thiocarbonyl (C=S) groups is 1. The van der Waals surface area contributed by atoms with Gasteiger partial charge >= 0.3 is 0 Å². The van der Waals surface area contributed by atoms with Crippen molar-refractivity contribution in [2.75, 3.05) is 25.1 Å². The van der Waals surface area contributed by atoms with Crippen molar-refractivity contribution in [1.82, 2.24) is 4.90 Å². The van der Waals surface area contributed by atoms with Crippen LogP contribution >= 0.6 is 46.6 Å². The van der Waals surface area contributed by atoms with Crippen molar-refractivity contribution in [3.63, 3.8) is 0 Å². The number of halogens is 1. The normalized spacial score (nSPS) is 14.8. The fraction of sp³-hybridized carbons (Fsp3) is 0.261. The lowest BCUT2D eigenvalue weighted by Gasteiger charge is -2.15. The lowest BCUT2D eigenvalue weighted by atomic mass is 10.2. The lowest BCUT2D eigenvalue weighted by Crippen LogP contribution is -2.27. The molecule has 1 fully saturated rings. The Hall–Kier alpha value is -2.11. The average Bonchev–Trinajstić information content (AvgIpc) is 3.01. The maximum atomic E-state index is 12.5. The number of thioether (sulfide) groups is 1. The van der Waals surface area contributed by atoms with E-state index in [1.165, 1.54) is 11.8 Å². The van der Waals surface area contributed by atoms with Gasteiger partial charge in [0.05, 0.1) is 15.1 Å². The molecule has 0 aliphatic carbocycles. The number of nitrogens with one attached hydrogen (secondary N) is 1. The van der Waals surface area contributed by atoms with Crippen molar-refractivity contribution in [3.05, 3.63) is 56.0 Å². The minimum atomic E-state index is -0.264. The van der Waals surface area contributed by atoms with Crippen LogP contribution in [0.25, 0.3) is 6.08 Å². The molecule has 0 radical (unpaired) electrons. The molecule has 168 valence electrons. The van der Waals surface area contributed by atoms with Gasteiger partial charge in [0.25, 0.3) is 11.8 Å². The molecule has 0 unspecified atom stereocenters. The summed E-state index contributed by atoms with van der Waals surface area (Å²) in [5.41, 5.74) is 2.63. The van der Waals surface area contributed by atoms with Gasteiger partial charge in [-0.05, 0) is 79.3 Å². The van der Waals surface area contributed by atoms with Gasteiger partial charge in [-0.15, -0.1) is 0 Å². The fourth-order valence-electron chi connectivity index (χ4n) is 2.97. The first-order valence-electron chi connectivity index (χ1n) is 10.0. The molecule has 9 heteroatoms. The van der Waals surface area contributed by atoms with E-state index in [1.807, 2.05) is 51.1 Å². The molecule has 2 aromatic carbocycles. The molecule has 0 atom stereocenters. The van der Waals surface area contributed by atoms with E-state index in [0.29, 0.717) is 39.6 Å². The van der Waals surface area contributed by atoms with E-state index in [1.54, 1.807) is 17.0 Å². The molecule has 0 saturated carbocycles. The van der Waals surface area contributed by atoms with Crippen LogP contribution in [-0.2, 0) is 9.59 Å². The largest absolute Gasteiger partial charge is 0.490 e. The van der Waals surface area contributed by atoms with Gasteiger partial charge < -0.3 is 14.8 Å². The number of hydrogen-bond donors (Lipinski definition) is 1. The summed E-state index contributed by atoms with van der Waals surface area (Å²) < 4.78 is 12.9. The second kappa shape index (κ2) is 11.2. The molecule has 2 amide bonds. The van der Waals surface area contributed by atoms with Crippen LogP contribution < -0.4 is 14.8 Å². The van der Waals surface area contributed by atoms with E-state index in [0.717, 1.165) is 14.7 Å². The maximum Gasteiger partial charge on any atom is 0.266 e. The minimum absolute atomic E-state index is 0.0939. The average molecular weight is 582 g/mol. The number of aryl methyl sites for hydroxylation is 1. The van der Waals surface area contributed by atoms with Crippen LogP contribution in [0.15, 0.2) is 41.3 Å². The molecule has 1 aliphatic heterocycles. The number of hydrogen-bond acceptors (Lipinski definition) is 6. The molecular weight excluding hydrogens is 559 g/mol. The van der Waals surface area contributed by atoms with Crippen molar-refractivity contribution in [3.8, 4) is 11.5 Å². The second-order valence-corrected chi connectivity index (χ2v) is 9.73. The summed E-state index contributed by atoms with van der Waals surface area (Å²) in [6.45, 7) is 6.58. The maximum absolute atomic E-state index is 12.5. The summed E-state index contributed by atoms with van der Waals surface area (Å²) in [5.74, 6) is 0.646. The predicted molar refractivity (Wildman–Crippen MR) is 141 cm³/mol. The highest BCUT2D eigenvalue weighted by molar-refractivity contribution is 14.1. The van der Waals surface area contributed by atoms with Gasteiger partial charge in [-0.3, -0.25) is 14.5 Å². The van der Waals surface area contributed by atoms with Crippen molar-refractivity contribution < 1.29 is 19.1 Å². The predicted octanol–water partition coefficient (Wildman–Crippen LogP) is 5.24. The third kappa shape index (κ3) is 6.02. The highest BCUT2D eigenvalue weighted by atomic mass is 127. The molecule has 1 saturated heterocycles. The molecule has 1 aliphatic rings. The number of amides is 2. The second-order valence-electron chi connectivity index (χ2n) is 6.89. The van der Waals surface area contributed by atoms with Gasteiger partial charge in [-0.1, -0.05) is 41.7 Å². The summed E-state index contributed by atoms with van der Waals surface area (Å²) in [4.78, 5) is 27.0. The van der Waals surface area contributed by atoms with Crippen LogP contribution in [0.4, 0.5) is 5.69 Å². The number of nitrogens with zero attached hydrogens (tertiary/aromatic N) is 1. The van der Waals surface area contributed by atoms with Gasteiger partial charge in [-0.25, -0.2) is 0 Å². The highest BCUT2D eigenvalue weighted by Gasteiger charge is 2.30. The Morgan fingerprint density at radius 1 is 1.22 bits per heavy atom. The number of likely N-dealkylation sites (N-methyl/N-ethyl adjacent to an activating group) is 1. The molecule has 3 rings (SSSR count). The smallest absolute Gasteiger partial charge is 0.266 e. The Balaban J connectivity index is 1.76. The summed E-state index contributed by atoms with van der Waals surface area (Å²) in [7, 11) is 0. The fourth-order valence-corrected chi connectivity index (χ4v) is 5.14. The molecule has 0 aromatic heterocycles. The van der Waals surface area contributed by atoms with Crippen molar-refractivity contribution in [2.24, 2.45) is 0 Å². The lowest BCUT2D eigenvalue weighted by molar-refractivity contribution is -0.122. The van der Waals surface area contributed by atoms with Crippen molar-refractivity contribution in [1.29, 1.82) is 0 Å². The van der Waals surface area contributed by atoms with Crippen LogP contribution in [0, 0.1) is 10.5 Å². The number of anilines is 1. The zero-order valence-electron chi connectivity index (χ0n) is 17.9. The minimum Gasteiger partial charge on any atom is -0.490 e. The van der Waals surface area contributed by atoms with Crippen molar-refractivity contribution >= 4 is 74.5 Å². The number of carbonyl (C=O) groups excluding carboxylic acids is 2. The number of carbonyl (C=O) groups is 2. The summed E-state index contributed by atoms with van der Waals surface area (Å²) in [6, 6.07) is 11.2. The summed E-state index contributed by atoms with van der Waals surface area (Å²) in [6.07, 6.45) is 1.80. The highest BCUT2D eigenvalue weighted by Crippen LogP contribution is 2.37. The van der Waals surface area contributed by atoms with Crippen LogP contribution in [0.3, 0.4) is 0 Å². The van der Waals surface area contributed by atoms with E-state index in [4.69, 9.17) is 21.7 Å². The molecule has 2 aromatic rings. The van der Waals surface area contributed by atoms with Gasteiger partial charge in [0.15, 0.2) is 18.1 Å². The van der Waals surface area contributed by atoms with E-state index in [-0.39, 0.29) is 18.4 Å². The Bertz CT molecular complexity index is 1070. The topological polar surface area (TPSA) is 67.9 Å². The number of rotatable bonds is 8. The van der Waals surface area contributed by atoms with Gasteiger partial charge in [-0.2, -0.15) is 0 Å². The van der Waals surface area contributed by atoms with Crippen LogP contribution in [-0.4, -0.2) is 40.8 Å². The first-order valence-corrected chi connectivity index (χ1v) is 12.3. The zero-order valence-corrected chi connectivity index (χ0v) is 21.7. The third-order valence-corrected chi connectivity index (χ3v) is 6.68. The Kier molecular flexibility index (Phi) is 8.55. The molecule has 0 bridgehead atoms. The number of ether oxygens (including phenoxy) is 2. The Labute approximate surface area is 210 Å². The molecule has 32 heavy (non-hydrogen) atoms. The van der Waals surface area contributed by atoms with E-state index in [9.17, 15) is 9.59 Å². The Morgan fingerprint density at radius 3 is 2.56 bits per heavy atom. The first-order chi connectivity index (χ1) is 15.3. The van der Waals surface area contributed by atoms with E-state index < -0.39 is 0 Å². The summed E-state index contributed by atoms with van der Waals surface area (Å²) in [5, 5.41) is 2.81. The first kappa shape index (κ1) is 24.5. The zero-order chi connectivity index (χ0) is 23.3. The molecular formula is C23H23IN2O4S2. The van der Waals surface area contributed by atoms with Crippen LogP contribution in [0.5, 0.6) is 11.5 Å². The quantitative estimate of drug-likeness (QED) is 0.261. The van der Waals surface area contributed by atoms with Crippen LogP contribution in [0.1, 0.15) is 25.0 Å². The van der Waals surface area contributed by atoms with E-state index >= 15 is 0 Å². The standard InChI is InChI=1S/C23H23IN2O4S2/c1-4-26-22(28)19(32-23(26)31)12-15-10-17(24)21(18(11-15)29-5-2)30-13-20(27)25-16-8-6-14(3)7-9-16/h6-12H,4-5,13H2,1-3H3,(H,25,27)/b19-12-. The molecule has 1 N–H and O–H groups in total. The molecule has 1 heterocycles. The molecule has 0 spiro atoms. The molecule has 6 nitrogen and oxygen atoms in total. The number of benzene rings is 2.